The van der Waals surface area contributed by atoms with E-state index in [1.807, 2.05) is 45.5 Å². The lowest BCUT2D eigenvalue weighted by atomic mass is 9.90. The molecule has 2 saturated heterocycles. The van der Waals surface area contributed by atoms with Crippen molar-refractivity contribution in [3.05, 3.63) is 131 Å². The van der Waals surface area contributed by atoms with Crippen LogP contribution in [0.4, 0.5) is 0 Å². The third-order valence-electron chi connectivity index (χ3n) is 13.0. The van der Waals surface area contributed by atoms with Crippen molar-refractivity contribution in [2.75, 3.05) is 78.1 Å². The molecule has 0 aliphatic carbocycles. The van der Waals surface area contributed by atoms with E-state index in [-0.39, 0.29) is 11.8 Å². The van der Waals surface area contributed by atoms with Crippen molar-refractivity contribution < 1.29 is 38.9 Å². The molecule has 0 aromatic heterocycles. The highest BCUT2D eigenvalue weighted by Gasteiger charge is 2.25. The SMILES string of the molecule is COc1ccc2c(c1)CN(C(=O)CCN1CCC(Cc3ccccc3)CC1)CCS2.COc1ccc2c(c1)CN(C(=O)CCN1CCC(Cc3ccccc3)CC1)CCS2.O=C(O)/C=C/C(=O)O. The summed E-state index contributed by atoms with van der Waals surface area (Å²) in [5.41, 5.74) is 5.29. The van der Waals surface area contributed by atoms with Gasteiger partial charge in [-0.15, -0.1) is 23.5 Å². The van der Waals surface area contributed by atoms with Crippen LogP contribution in [0.2, 0.25) is 0 Å². The highest BCUT2D eigenvalue weighted by Crippen LogP contribution is 2.32. The van der Waals surface area contributed by atoms with E-state index in [1.165, 1.54) is 70.6 Å². The standard InChI is InChI=1S/2C25H32N2O2S.C4H4O4/c2*1-29-23-7-8-24-22(18-23)19-27(15-16-30-24)25(28)11-14-26-12-9-21(10-13-26)17-20-5-3-2-4-6-20;5-3(6)1-2-4(7)8/h2*2-8,18,21H,9-17,19H2,1H3;1-2H,(H,5,6)(H,7,8)/b;;2-1+. The minimum absolute atomic E-state index is 0.276. The molecule has 0 bridgehead atoms. The highest BCUT2D eigenvalue weighted by molar-refractivity contribution is 7.99. The van der Waals surface area contributed by atoms with Crippen LogP contribution in [0.5, 0.6) is 11.5 Å². The Morgan fingerprint density at radius 2 is 0.941 bits per heavy atom. The van der Waals surface area contributed by atoms with Crippen LogP contribution >= 0.6 is 23.5 Å². The van der Waals surface area contributed by atoms with E-state index in [0.717, 1.165) is 87.2 Å². The minimum Gasteiger partial charge on any atom is -0.497 e. The van der Waals surface area contributed by atoms with Crippen LogP contribution in [0.3, 0.4) is 0 Å². The van der Waals surface area contributed by atoms with Gasteiger partial charge in [-0.25, -0.2) is 9.59 Å². The van der Waals surface area contributed by atoms with Crippen molar-refractivity contribution in [1.82, 2.24) is 19.6 Å². The van der Waals surface area contributed by atoms with E-state index < -0.39 is 11.9 Å². The van der Waals surface area contributed by atoms with Gasteiger partial charge in [-0.1, -0.05) is 60.7 Å². The number of carboxylic acids is 2. The molecule has 2 fully saturated rings. The maximum absolute atomic E-state index is 12.9. The molecule has 364 valence electrons. The van der Waals surface area contributed by atoms with Crippen LogP contribution in [0.25, 0.3) is 0 Å². The maximum atomic E-state index is 12.9. The summed E-state index contributed by atoms with van der Waals surface area (Å²) in [4.78, 5) is 56.5. The second kappa shape index (κ2) is 27.6. The van der Waals surface area contributed by atoms with E-state index in [0.29, 0.717) is 38.1 Å². The number of ether oxygens (including phenoxy) is 2. The van der Waals surface area contributed by atoms with Gasteiger partial charge in [0.25, 0.3) is 0 Å². The first-order valence-corrected chi connectivity index (χ1v) is 25.8. The maximum Gasteiger partial charge on any atom is 0.328 e. The second-order valence-electron chi connectivity index (χ2n) is 17.7. The Bertz CT molecular complexity index is 2090. The summed E-state index contributed by atoms with van der Waals surface area (Å²) >= 11 is 3.67. The molecule has 4 heterocycles. The topological polar surface area (TPSA) is 140 Å². The quantitative estimate of drug-likeness (QED) is 0.117. The number of carbonyl (C=O) groups is 4. The Kier molecular flexibility index (Phi) is 21.2. The highest BCUT2D eigenvalue weighted by atomic mass is 32.2. The van der Waals surface area contributed by atoms with E-state index in [2.05, 4.69) is 94.7 Å². The average Bonchev–Trinajstić information content (AvgIpc) is 3.72. The largest absolute Gasteiger partial charge is 0.497 e. The molecule has 4 aliphatic rings. The minimum atomic E-state index is -1.26. The number of carboxylic acid groups (broad SMARTS) is 2. The van der Waals surface area contributed by atoms with Crippen molar-refractivity contribution in [3.8, 4) is 11.5 Å². The molecule has 2 amide bonds. The van der Waals surface area contributed by atoms with Gasteiger partial charge in [0, 0.05) is 85.6 Å². The fraction of sp³-hybridized carbons (Fsp3) is 0.444. The fourth-order valence-corrected chi connectivity index (χ4v) is 11.1. The molecular weight excluding hydrogens is 897 g/mol. The van der Waals surface area contributed by atoms with Gasteiger partial charge < -0.3 is 39.3 Å². The van der Waals surface area contributed by atoms with Crippen molar-refractivity contribution in [2.24, 2.45) is 11.8 Å². The summed E-state index contributed by atoms with van der Waals surface area (Å²) < 4.78 is 10.7. The van der Waals surface area contributed by atoms with Gasteiger partial charge in [0.2, 0.25) is 11.8 Å². The Labute approximate surface area is 411 Å². The molecule has 0 radical (unpaired) electrons. The summed E-state index contributed by atoms with van der Waals surface area (Å²) in [5.74, 6) is 3.22. The number of likely N-dealkylation sites (tertiary alicyclic amines) is 2. The zero-order chi connectivity index (χ0) is 48.1. The first-order chi connectivity index (χ1) is 33.0. The molecule has 0 spiro atoms. The van der Waals surface area contributed by atoms with Gasteiger partial charge in [-0.2, -0.15) is 0 Å². The lowest BCUT2D eigenvalue weighted by Gasteiger charge is -2.32. The van der Waals surface area contributed by atoms with Crippen molar-refractivity contribution in [2.45, 2.75) is 74.2 Å². The molecule has 2 N–H and O–H groups in total. The fourth-order valence-electron chi connectivity index (χ4n) is 9.11. The number of aliphatic carboxylic acids is 2. The Balaban J connectivity index is 0.000000193. The lowest BCUT2D eigenvalue weighted by Crippen LogP contribution is -2.38. The van der Waals surface area contributed by atoms with Crippen LogP contribution in [0.15, 0.2) is 119 Å². The number of nitrogens with zero attached hydrogens (tertiary/aromatic N) is 4. The molecule has 4 aromatic rings. The molecule has 68 heavy (non-hydrogen) atoms. The third-order valence-corrected chi connectivity index (χ3v) is 15.2. The van der Waals surface area contributed by atoms with Crippen molar-refractivity contribution in [1.29, 1.82) is 0 Å². The van der Waals surface area contributed by atoms with Crippen LogP contribution in [0, 0.1) is 11.8 Å². The summed E-state index contributed by atoms with van der Waals surface area (Å²) in [6.07, 6.45) is 9.65. The molecule has 0 saturated carbocycles. The number of amides is 2. The van der Waals surface area contributed by atoms with Gasteiger partial charge >= 0.3 is 11.9 Å². The Morgan fingerprint density at radius 3 is 1.29 bits per heavy atom. The van der Waals surface area contributed by atoms with Crippen LogP contribution in [-0.2, 0) is 45.1 Å². The van der Waals surface area contributed by atoms with Gasteiger partial charge in [0.1, 0.15) is 11.5 Å². The van der Waals surface area contributed by atoms with E-state index in [4.69, 9.17) is 19.7 Å². The molecule has 0 atom stereocenters. The van der Waals surface area contributed by atoms with E-state index >= 15 is 0 Å². The normalized spacial score (nSPS) is 17.0. The van der Waals surface area contributed by atoms with E-state index in [1.54, 1.807) is 14.2 Å². The zero-order valence-electron chi connectivity index (χ0n) is 39.6. The molecular formula is C54H68N4O8S2. The second-order valence-corrected chi connectivity index (χ2v) is 20.0. The van der Waals surface area contributed by atoms with Crippen molar-refractivity contribution in [3.63, 3.8) is 0 Å². The van der Waals surface area contributed by atoms with Gasteiger partial charge in [0.05, 0.1) is 14.2 Å². The first-order valence-electron chi connectivity index (χ1n) is 23.9. The summed E-state index contributed by atoms with van der Waals surface area (Å²) in [5, 5.41) is 15.6. The predicted molar refractivity (Wildman–Crippen MR) is 271 cm³/mol. The molecule has 12 nitrogen and oxygen atoms in total. The number of benzene rings is 4. The number of rotatable bonds is 14. The van der Waals surface area contributed by atoms with Gasteiger partial charge in [-0.05, 0) is 135 Å². The summed E-state index contributed by atoms with van der Waals surface area (Å²) in [7, 11) is 3.38. The van der Waals surface area contributed by atoms with Crippen LogP contribution < -0.4 is 9.47 Å². The zero-order valence-corrected chi connectivity index (χ0v) is 41.3. The molecule has 8 rings (SSSR count). The number of hydrogen-bond donors (Lipinski definition) is 2. The van der Waals surface area contributed by atoms with Gasteiger partial charge in [-0.3, -0.25) is 9.59 Å². The molecule has 4 aromatic carbocycles. The van der Waals surface area contributed by atoms with Crippen molar-refractivity contribution >= 4 is 47.3 Å². The number of hydrogen-bond acceptors (Lipinski definition) is 10. The average molecular weight is 965 g/mol. The van der Waals surface area contributed by atoms with Crippen LogP contribution in [0.1, 0.15) is 60.8 Å². The Hall–Kier alpha value is -5.28. The number of methoxy groups -OCH3 is 2. The molecule has 0 unspecified atom stereocenters. The van der Waals surface area contributed by atoms with E-state index in [9.17, 15) is 19.2 Å². The third kappa shape index (κ3) is 17.4. The first kappa shape index (κ1) is 52.1. The monoisotopic (exact) mass is 964 g/mol. The number of carbonyl (C=O) groups excluding carboxylic acids is 2. The number of fused-ring (bicyclic) bond motifs is 2. The lowest BCUT2D eigenvalue weighted by molar-refractivity contribution is -0.134. The number of thioether (sulfide) groups is 2. The summed E-state index contributed by atoms with van der Waals surface area (Å²) in [6.45, 7) is 9.23. The Morgan fingerprint density at radius 1 is 0.559 bits per heavy atom. The summed E-state index contributed by atoms with van der Waals surface area (Å²) in [6, 6.07) is 34.0. The smallest absolute Gasteiger partial charge is 0.328 e. The van der Waals surface area contributed by atoms with Gasteiger partial charge in [0.15, 0.2) is 0 Å². The predicted octanol–water partition coefficient (Wildman–Crippen LogP) is 8.66. The molecule has 14 heteroatoms. The molecule has 4 aliphatic heterocycles. The van der Waals surface area contributed by atoms with Crippen LogP contribution in [-0.4, -0.2) is 132 Å². The number of piperidine rings is 2.